The Morgan fingerprint density at radius 3 is 2.66 bits per heavy atom. The SMILES string of the molecule is COc1ccc(-c2noc(CCC(=O)OCC(=O)NC3CCCC3)n2)cc1OC. The van der Waals surface area contributed by atoms with Gasteiger partial charge in [0.2, 0.25) is 11.7 Å². The lowest BCUT2D eigenvalue weighted by molar-refractivity contribution is -0.148. The Morgan fingerprint density at radius 1 is 1.17 bits per heavy atom. The molecule has 156 valence electrons. The van der Waals surface area contributed by atoms with Crippen molar-refractivity contribution in [3.63, 3.8) is 0 Å². The standard InChI is InChI=1S/C20H25N3O6/c1-26-15-8-7-13(11-16(15)27-2)20-22-18(29-23-20)9-10-19(25)28-12-17(24)21-14-5-3-4-6-14/h7-8,11,14H,3-6,9-10,12H2,1-2H3,(H,21,24). The van der Waals surface area contributed by atoms with Crippen molar-refractivity contribution in [3.05, 3.63) is 24.1 Å². The fourth-order valence-corrected chi connectivity index (χ4v) is 3.22. The van der Waals surface area contributed by atoms with E-state index in [1.54, 1.807) is 32.4 Å². The Labute approximate surface area is 168 Å². The van der Waals surface area contributed by atoms with Crippen molar-refractivity contribution in [1.29, 1.82) is 0 Å². The predicted octanol–water partition coefficient (Wildman–Crippen LogP) is 2.29. The van der Waals surface area contributed by atoms with Gasteiger partial charge in [0.25, 0.3) is 5.91 Å². The van der Waals surface area contributed by atoms with E-state index in [-0.39, 0.29) is 31.4 Å². The normalized spacial score (nSPS) is 13.9. The zero-order chi connectivity index (χ0) is 20.6. The Morgan fingerprint density at radius 2 is 1.93 bits per heavy atom. The molecule has 1 saturated carbocycles. The van der Waals surface area contributed by atoms with Gasteiger partial charge in [0.15, 0.2) is 18.1 Å². The number of benzene rings is 1. The zero-order valence-corrected chi connectivity index (χ0v) is 16.6. The summed E-state index contributed by atoms with van der Waals surface area (Å²) < 4.78 is 20.7. The van der Waals surface area contributed by atoms with E-state index in [0.717, 1.165) is 25.7 Å². The predicted molar refractivity (Wildman–Crippen MR) is 103 cm³/mol. The van der Waals surface area contributed by atoms with E-state index in [4.69, 9.17) is 18.7 Å². The summed E-state index contributed by atoms with van der Waals surface area (Å²) in [5, 5.41) is 6.80. The summed E-state index contributed by atoms with van der Waals surface area (Å²) in [5.41, 5.74) is 0.698. The molecule has 0 saturated heterocycles. The third-order valence-corrected chi connectivity index (χ3v) is 4.74. The molecule has 1 fully saturated rings. The van der Waals surface area contributed by atoms with E-state index >= 15 is 0 Å². The number of esters is 1. The van der Waals surface area contributed by atoms with Gasteiger partial charge in [-0.25, -0.2) is 0 Å². The van der Waals surface area contributed by atoms with E-state index in [2.05, 4.69) is 15.5 Å². The van der Waals surface area contributed by atoms with Gasteiger partial charge < -0.3 is 24.1 Å². The summed E-state index contributed by atoms with van der Waals surface area (Å²) >= 11 is 0. The number of ether oxygens (including phenoxy) is 3. The summed E-state index contributed by atoms with van der Waals surface area (Å²) in [7, 11) is 3.10. The molecule has 2 aromatic rings. The van der Waals surface area contributed by atoms with Crippen molar-refractivity contribution in [2.45, 2.75) is 44.6 Å². The van der Waals surface area contributed by atoms with Crippen LogP contribution in [-0.2, 0) is 20.7 Å². The Hall–Kier alpha value is -3.10. The summed E-state index contributed by atoms with van der Waals surface area (Å²) in [6.07, 6.45) is 4.49. The van der Waals surface area contributed by atoms with E-state index in [1.807, 2.05) is 0 Å². The van der Waals surface area contributed by atoms with Crippen LogP contribution in [0.1, 0.15) is 38.0 Å². The van der Waals surface area contributed by atoms with Crippen molar-refractivity contribution in [3.8, 4) is 22.9 Å². The van der Waals surface area contributed by atoms with Crippen LogP contribution in [0.5, 0.6) is 11.5 Å². The number of nitrogens with zero attached hydrogens (tertiary/aromatic N) is 2. The first-order valence-corrected chi connectivity index (χ1v) is 9.59. The molecule has 0 aliphatic heterocycles. The molecule has 1 aliphatic rings. The number of amides is 1. The van der Waals surface area contributed by atoms with Gasteiger partial charge in [-0.3, -0.25) is 9.59 Å². The van der Waals surface area contributed by atoms with Gasteiger partial charge in [0.05, 0.1) is 20.6 Å². The average molecular weight is 403 g/mol. The van der Waals surface area contributed by atoms with Crippen LogP contribution in [-0.4, -0.2) is 48.9 Å². The first kappa shape index (κ1) is 20.6. The molecule has 3 rings (SSSR count). The highest BCUT2D eigenvalue weighted by molar-refractivity contribution is 5.80. The summed E-state index contributed by atoms with van der Waals surface area (Å²) in [5.74, 6) is 1.08. The lowest BCUT2D eigenvalue weighted by atomic mass is 10.2. The molecule has 1 heterocycles. The maximum atomic E-state index is 11.9. The molecule has 29 heavy (non-hydrogen) atoms. The maximum absolute atomic E-state index is 11.9. The fourth-order valence-electron chi connectivity index (χ4n) is 3.22. The molecular formula is C20H25N3O6. The number of carbonyl (C=O) groups is 2. The van der Waals surface area contributed by atoms with Crippen LogP contribution < -0.4 is 14.8 Å². The summed E-state index contributed by atoms with van der Waals surface area (Å²) in [4.78, 5) is 27.9. The number of nitrogens with one attached hydrogen (secondary N) is 1. The largest absolute Gasteiger partial charge is 0.493 e. The molecule has 1 aliphatic carbocycles. The highest BCUT2D eigenvalue weighted by Gasteiger charge is 2.18. The molecule has 1 aromatic heterocycles. The van der Waals surface area contributed by atoms with Crippen LogP contribution in [0.3, 0.4) is 0 Å². The number of aromatic nitrogens is 2. The number of rotatable bonds is 9. The second kappa shape index (κ2) is 9.90. The van der Waals surface area contributed by atoms with E-state index in [0.29, 0.717) is 28.8 Å². The molecule has 0 unspecified atom stereocenters. The van der Waals surface area contributed by atoms with Crippen LogP contribution in [0.15, 0.2) is 22.7 Å². The van der Waals surface area contributed by atoms with E-state index in [9.17, 15) is 9.59 Å². The second-order valence-electron chi connectivity index (χ2n) is 6.79. The van der Waals surface area contributed by atoms with Gasteiger partial charge in [0.1, 0.15) is 0 Å². The van der Waals surface area contributed by atoms with Gasteiger partial charge in [-0.2, -0.15) is 4.98 Å². The minimum Gasteiger partial charge on any atom is -0.493 e. The molecule has 0 radical (unpaired) electrons. The summed E-state index contributed by atoms with van der Waals surface area (Å²) in [6.45, 7) is -0.268. The van der Waals surface area contributed by atoms with Crippen molar-refractivity contribution in [2.24, 2.45) is 0 Å². The maximum Gasteiger partial charge on any atom is 0.306 e. The van der Waals surface area contributed by atoms with Gasteiger partial charge in [-0.15, -0.1) is 0 Å². The first-order valence-electron chi connectivity index (χ1n) is 9.59. The number of hydrogen-bond acceptors (Lipinski definition) is 8. The fraction of sp³-hybridized carbons (Fsp3) is 0.500. The molecule has 1 N–H and O–H groups in total. The molecule has 0 bridgehead atoms. The first-order chi connectivity index (χ1) is 14.1. The van der Waals surface area contributed by atoms with Gasteiger partial charge >= 0.3 is 5.97 Å². The van der Waals surface area contributed by atoms with Crippen molar-refractivity contribution < 1.29 is 28.3 Å². The van der Waals surface area contributed by atoms with E-state index in [1.165, 1.54) is 0 Å². The molecule has 0 spiro atoms. The third kappa shape index (κ3) is 5.69. The highest BCUT2D eigenvalue weighted by Crippen LogP contribution is 2.31. The van der Waals surface area contributed by atoms with Crippen LogP contribution in [0.4, 0.5) is 0 Å². The smallest absolute Gasteiger partial charge is 0.306 e. The van der Waals surface area contributed by atoms with Gasteiger partial charge in [-0.1, -0.05) is 18.0 Å². The Kier molecular flexibility index (Phi) is 7.04. The molecule has 1 aromatic carbocycles. The van der Waals surface area contributed by atoms with Crippen molar-refractivity contribution in [2.75, 3.05) is 20.8 Å². The number of methoxy groups -OCH3 is 2. The number of hydrogen-bond donors (Lipinski definition) is 1. The van der Waals surface area contributed by atoms with Crippen molar-refractivity contribution in [1.82, 2.24) is 15.5 Å². The van der Waals surface area contributed by atoms with Gasteiger partial charge in [-0.05, 0) is 31.0 Å². The quantitative estimate of drug-likeness (QED) is 0.635. The Bertz CT molecular complexity index is 844. The number of carbonyl (C=O) groups excluding carboxylic acids is 2. The average Bonchev–Trinajstić information content (AvgIpc) is 3.42. The molecule has 1 amide bonds. The van der Waals surface area contributed by atoms with E-state index < -0.39 is 5.97 Å². The van der Waals surface area contributed by atoms with Crippen LogP contribution in [0.2, 0.25) is 0 Å². The highest BCUT2D eigenvalue weighted by atomic mass is 16.5. The Balaban J connectivity index is 1.46. The zero-order valence-electron chi connectivity index (χ0n) is 16.6. The molecule has 9 nitrogen and oxygen atoms in total. The van der Waals surface area contributed by atoms with Crippen LogP contribution in [0.25, 0.3) is 11.4 Å². The molecule has 0 atom stereocenters. The lowest BCUT2D eigenvalue weighted by Crippen LogP contribution is -2.35. The van der Waals surface area contributed by atoms with Crippen LogP contribution in [0, 0.1) is 0 Å². The number of aryl methyl sites for hydroxylation is 1. The summed E-state index contributed by atoms with van der Waals surface area (Å²) in [6, 6.07) is 5.48. The second-order valence-corrected chi connectivity index (χ2v) is 6.79. The minimum atomic E-state index is -0.488. The van der Waals surface area contributed by atoms with Crippen molar-refractivity contribution >= 4 is 11.9 Å². The van der Waals surface area contributed by atoms with Gasteiger partial charge in [0, 0.05) is 18.0 Å². The third-order valence-electron chi connectivity index (χ3n) is 4.74. The topological polar surface area (TPSA) is 113 Å². The minimum absolute atomic E-state index is 0.0459. The monoisotopic (exact) mass is 403 g/mol. The lowest BCUT2D eigenvalue weighted by Gasteiger charge is -2.11. The molecular weight excluding hydrogens is 378 g/mol. The van der Waals surface area contributed by atoms with Crippen LogP contribution >= 0.6 is 0 Å². The molecule has 9 heteroatoms.